The number of rotatable bonds is 3. The Morgan fingerprint density at radius 1 is 1.44 bits per heavy atom. The SMILES string of the molecule is CC(Cl)c1nc2cc(Cl)ccc2n1C(C)C(N)=O. The number of fused-ring (bicyclic) bond motifs is 1. The summed E-state index contributed by atoms with van der Waals surface area (Å²) in [6, 6.07) is 4.79. The summed E-state index contributed by atoms with van der Waals surface area (Å²) in [5, 5.41) is 0.269. The highest BCUT2D eigenvalue weighted by molar-refractivity contribution is 6.31. The summed E-state index contributed by atoms with van der Waals surface area (Å²) in [5.41, 5.74) is 6.87. The van der Waals surface area contributed by atoms with Crippen LogP contribution >= 0.6 is 23.2 Å². The van der Waals surface area contributed by atoms with E-state index in [4.69, 9.17) is 28.9 Å². The summed E-state index contributed by atoms with van der Waals surface area (Å²) in [5.74, 6) is 0.183. The van der Waals surface area contributed by atoms with Gasteiger partial charge in [-0.2, -0.15) is 0 Å². The van der Waals surface area contributed by atoms with Crippen LogP contribution in [-0.4, -0.2) is 15.5 Å². The number of benzene rings is 1. The van der Waals surface area contributed by atoms with Gasteiger partial charge in [-0.05, 0) is 32.0 Å². The van der Waals surface area contributed by atoms with Crippen molar-refractivity contribution in [1.29, 1.82) is 0 Å². The Kier molecular flexibility index (Phi) is 3.50. The minimum Gasteiger partial charge on any atom is -0.368 e. The summed E-state index contributed by atoms with van der Waals surface area (Å²) in [4.78, 5) is 15.8. The van der Waals surface area contributed by atoms with Crippen molar-refractivity contribution in [1.82, 2.24) is 9.55 Å². The number of nitrogens with two attached hydrogens (primary N) is 1. The summed E-state index contributed by atoms with van der Waals surface area (Å²) >= 11 is 12.0. The van der Waals surface area contributed by atoms with Crippen LogP contribution in [0.15, 0.2) is 18.2 Å². The highest BCUT2D eigenvalue weighted by atomic mass is 35.5. The van der Waals surface area contributed by atoms with Crippen molar-refractivity contribution in [2.24, 2.45) is 5.73 Å². The highest BCUT2D eigenvalue weighted by Gasteiger charge is 2.22. The first kappa shape index (κ1) is 13.2. The molecule has 2 aromatic rings. The standard InChI is InChI=1S/C12H13Cl2N3O/c1-6(13)12-16-9-5-8(14)3-4-10(9)17(12)7(2)11(15)18/h3-7H,1-2H3,(H2,15,18). The smallest absolute Gasteiger partial charge is 0.240 e. The van der Waals surface area contributed by atoms with Crippen LogP contribution in [0.3, 0.4) is 0 Å². The van der Waals surface area contributed by atoms with E-state index in [1.807, 2.05) is 6.07 Å². The first-order valence-electron chi connectivity index (χ1n) is 5.52. The minimum absolute atomic E-state index is 0.321. The number of alkyl halides is 1. The molecule has 1 heterocycles. The fraction of sp³-hybridized carbons (Fsp3) is 0.333. The molecule has 1 amide bonds. The fourth-order valence-corrected chi connectivity index (χ4v) is 2.23. The van der Waals surface area contributed by atoms with Crippen molar-refractivity contribution in [3.05, 3.63) is 29.0 Å². The fourth-order valence-electron chi connectivity index (χ4n) is 1.91. The Morgan fingerprint density at radius 3 is 2.67 bits per heavy atom. The lowest BCUT2D eigenvalue weighted by Crippen LogP contribution is -2.25. The van der Waals surface area contributed by atoms with Crippen molar-refractivity contribution in [2.75, 3.05) is 0 Å². The minimum atomic E-state index is -0.507. The van der Waals surface area contributed by atoms with Crippen LogP contribution in [0.4, 0.5) is 0 Å². The third-order valence-corrected chi connectivity index (χ3v) is 3.26. The lowest BCUT2D eigenvalue weighted by molar-refractivity contribution is -0.120. The van der Waals surface area contributed by atoms with Gasteiger partial charge in [-0.1, -0.05) is 11.6 Å². The van der Waals surface area contributed by atoms with Gasteiger partial charge in [0, 0.05) is 5.02 Å². The lowest BCUT2D eigenvalue weighted by Gasteiger charge is -2.15. The van der Waals surface area contributed by atoms with Crippen LogP contribution in [0.1, 0.15) is 31.1 Å². The molecule has 6 heteroatoms. The third kappa shape index (κ3) is 2.18. The van der Waals surface area contributed by atoms with Gasteiger partial charge in [-0.15, -0.1) is 11.6 Å². The molecular formula is C12H13Cl2N3O. The first-order chi connectivity index (χ1) is 8.41. The number of amides is 1. The Hall–Kier alpha value is -1.26. The number of aromatic nitrogens is 2. The van der Waals surface area contributed by atoms with Crippen LogP contribution in [0.25, 0.3) is 11.0 Å². The van der Waals surface area contributed by atoms with Crippen LogP contribution in [0, 0.1) is 0 Å². The number of carbonyl (C=O) groups is 1. The summed E-state index contributed by atoms with van der Waals surface area (Å²) in [6.07, 6.45) is 0. The number of hydrogen-bond donors (Lipinski definition) is 1. The molecule has 0 spiro atoms. The maximum Gasteiger partial charge on any atom is 0.240 e. The van der Waals surface area contributed by atoms with E-state index in [1.54, 1.807) is 30.5 Å². The molecule has 18 heavy (non-hydrogen) atoms. The Labute approximate surface area is 115 Å². The summed E-state index contributed by atoms with van der Waals surface area (Å²) < 4.78 is 1.76. The molecule has 2 atom stereocenters. The molecule has 1 aromatic carbocycles. The topological polar surface area (TPSA) is 60.9 Å². The predicted octanol–water partition coefficient (Wildman–Crippen LogP) is 3.04. The van der Waals surface area contributed by atoms with Crippen molar-refractivity contribution in [3.63, 3.8) is 0 Å². The van der Waals surface area contributed by atoms with Crippen LogP contribution in [0.5, 0.6) is 0 Å². The highest BCUT2D eigenvalue weighted by Crippen LogP contribution is 2.29. The molecule has 0 aliphatic carbocycles. The molecule has 2 N–H and O–H groups in total. The molecule has 96 valence electrons. The average Bonchev–Trinajstić information content (AvgIpc) is 2.66. The molecular weight excluding hydrogens is 273 g/mol. The van der Waals surface area contributed by atoms with Gasteiger partial charge in [-0.3, -0.25) is 4.79 Å². The summed E-state index contributed by atoms with van der Waals surface area (Å²) in [6.45, 7) is 3.52. The zero-order chi connectivity index (χ0) is 13.4. The average molecular weight is 286 g/mol. The molecule has 2 unspecified atom stereocenters. The van der Waals surface area contributed by atoms with Gasteiger partial charge in [0.2, 0.25) is 5.91 Å². The van der Waals surface area contributed by atoms with Gasteiger partial charge < -0.3 is 10.3 Å². The maximum absolute atomic E-state index is 11.4. The Bertz CT molecular complexity index is 607. The molecule has 0 bridgehead atoms. The molecule has 2 rings (SSSR count). The van der Waals surface area contributed by atoms with Crippen molar-refractivity contribution in [2.45, 2.75) is 25.3 Å². The third-order valence-electron chi connectivity index (χ3n) is 2.83. The van der Waals surface area contributed by atoms with E-state index >= 15 is 0 Å². The predicted molar refractivity (Wildman–Crippen MR) is 72.9 cm³/mol. The number of nitrogens with zero attached hydrogens (tertiary/aromatic N) is 2. The normalized spacial score (nSPS) is 14.7. The second kappa shape index (κ2) is 4.78. The van der Waals surface area contributed by atoms with E-state index in [2.05, 4.69) is 4.98 Å². The van der Waals surface area contributed by atoms with Crippen molar-refractivity contribution >= 4 is 40.1 Å². The van der Waals surface area contributed by atoms with Crippen molar-refractivity contribution in [3.8, 4) is 0 Å². The number of imidazole rings is 1. The zero-order valence-corrected chi connectivity index (χ0v) is 11.5. The van der Waals surface area contributed by atoms with E-state index in [0.29, 0.717) is 16.4 Å². The number of hydrogen-bond acceptors (Lipinski definition) is 2. The number of primary amides is 1. The Balaban J connectivity index is 2.74. The Morgan fingerprint density at radius 2 is 2.11 bits per heavy atom. The second-order valence-electron chi connectivity index (χ2n) is 4.17. The molecule has 0 saturated heterocycles. The lowest BCUT2D eigenvalue weighted by atomic mass is 10.2. The van der Waals surface area contributed by atoms with Gasteiger partial charge in [0.15, 0.2) is 0 Å². The quantitative estimate of drug-likeness (QED) is 0.881. The van der Waals surface area contributed by atoms with E-state index < -0.39 is 11.9 Å². The van der Waals surface area contributed by atoms with Gasteiger partial charge in [-0.25, -0.2) is 4.98 Å². The maximum atomic E-state index is 11.4. The largest absolute Gasteiger partial charge is 0.368 e. The molecule has 0 aliphatic heterocycles. The van der Waals surface area contributed by atoms with Crippen LogP contribution < -0.4 is 5.73 Å². The van der Waals surface area contributed by atoms with Gasteiger partial charge in [0.1, 0.15) is 11.9 Å². The first-order valence-corrected chi connectivity index (χ1v) is 6.34. The van der Waals surface area contributed by atoms with Gasteiger partial charge in [0.25, 0.3) is 0 Å². The van der Waals surface area contributed by atoms with Gasteiger partial charge in [0.05, 0.1) is 16.4 Å². The molecule has 0 saturated carbocycles. The van der Waals surface area contributed by atoms with E-state index in [-0.39, 0.29) is 5.38 Å². The van der Waals surface area contributed by atoms with Crippen molar-refractivity contribution < 1.29 is 4.79 Å². The van der Waals surface area contributed by atoms with E-state index in [9.17, 15) is 4.79 Å². The number of halogens is 2. The van der Waals surface area contributed by atoms with Crippen LogP contribution in [-0.2, 0) is 4.79 Å². The molecule has 0 aliphatic rings. The second-order valence-corrected chi connectivity index (χ2v) is 5.26. The zero-order valence-electron chi connectivity index (χ0n) is 10.0. The molecule has 0 radical (unpaired) electrons. The molecule has 4 nitrogen and oxygen atoms in total. The van der Waals surface area contributed by atoms with E-state index in [0.717, 1.165) is 5.52 Å². The molecule has 0 fully saturated rings. The van der Waals surface area contributed by atoms with E-state index in [1.165, 1.54) is 0 Å². The molecule has 1 aromatic heterocycles. The van der Waals surface area contributed by atoms with Gasteiger partial charge >= 0.3 is 0 Å². The monoisotopic (exact) mass is 285 g/mol. The number of carbonyl (C=O) groups excluding carboxylic acids is 1. The van der Waals surface area contributed by atoms with Crippen LogP contribution in [0.2, 0.25) is 5.02 Å². The summed E-state index contributed by atoms with van der Waals surface area (Å²) in [7, 11) is 0.